The van der Waals surface area contributed by atoms with E-state index in [0.29, 0.717) is 17.5 Å². The van der Waals surface area contributed by atoms with Crippen LogP contribution in [0.4, 0.5) is 0 Å². The molecule has 2 unspecified atom stereocenters. The topological polar surface area (TPSA) is 115 Å². The monoisotopic (exact) mass is 348 g/mol. The zero-order valence-electron chi connectivity index (χ0n) is 14.2. The second-order valence-electron chi connectivity index (χ2n) is 5.28. The largest absolute Gasteiger partial charge is 0.478 e. The van der Waals surface area contributed by atoms with E-state index in [1.807, 2.05) is 0 Å². The lowest BCUT2D eigenvalue weighted by atomic mass is 10.2. The van der Waals surface area contributed by atoms with Gasteiger partial charge in [0.2, 0.25) is 0 Å². The van der Waals surface area contributed by atoms with Gasteiger partial charge in [0, 0.05) is 0 Å². The van der Waals surface area contributed by atoms with Gasteiger partial charge in [-0.05, 0) is 44.5 Å². The van der Waals surface area contributed by atoms with Gasteiger partial charge in [-0.25, -0.2) is 9.59 Å². The first-order valence-corrected chi connectivity index (χ1v) is 7.66. The van der Waals surface area contributed by atoms with Gasteiger partial charge in [-0.3, -0.25) is 0 Å². The number of rotatable bonds is 4. The molecule has 6 nitrogen and oxygen atoms in total. The number of hydrogen-bond acceptors (Lipinski definition) is 4. The summed E-state index contributed by atoms with van der Waals surface area (Å²) in [4.78, 5) is 20.4. The first-order chi connectivity index (χ1) is 11.7. The zero-order chi connectivity index (χ0) is 19.2. The molecule has 0 saturated carbocycles. The summed E-state index contributed by atoms with van der Waals surface area (Å²) in [5, 5.41) is 33.9. The SMILES string of the molecule is CC(O)CC(C)O.O=C(O)c1ccccc1.O=C(O)c1ccccc1. The predicted octanol–water partition coefficient (Wildman–Crippen LogP) is 2.91. The third kappa shape index (κ3) is 12.4. The Morgan fingerprint density at radius 1 is 0.720 bits per heavy atom. The van der Waals surface area contributed by atoms with Crippen LogP contribution >= 0.6 is 0 Å². The van der Waals surface area contributed by atoms with Crippen LogP contribution in [0.2, 0.25) is 0 Å². The van der Waals surface area contributed by atoms with Crippen molar-refractivity contribution in [3.05, 3.63) is 71.8 Å². The van der Waals surface area contributed by atoms with E-state index in [1.54, 1.807) is 74.5 Å². The third-order valence-corrected chi connectivity index (χ3v) is 2.72. The van der Waals surface area contributed by atoms with Gasteiger partial charge in [-0.15, -0.1) is 0 Å². The van der Waals surface area contributed by atoms with E-state index in [9.17, 15) is 9.59 Å². The number of aromatic carboxylic acids is 2. The molecule has 0 aromatic heterocycles. The van der Waals surface area contributed by atoms with Crippen LogP contribution in [0.1, 0.15) is 41.0 Å². The van der Waals surface area contributed by atoms with Gasteiger partial charge < -0.3 is 20.4 Å². The second kappa shape index (κ2) is 12.7. The van der Waals surface area contributed by atoms with E-state index in [-0.39, 0.29) is 12.2 Å². The van der Waals surface area contributed by atoms with Crippen LogP contribution in [-0.2, 0) is 0 Å². The number of carboxylic acid groups (broad SMARTS) is 2. The van der Waals surface area contributed by atoms with E-state index in [0.717, 1.165) is 0 Å². The fourth-order valence-electron chi connectivity index (χ4n) is 1.66. The van der Waals surface area contributed by atoms with Crippen molar-refractivity contribution in [1.82, 2.24) is 0 Å². The van der Waals surface area contributed by atoms with E-state index in [1.165, 1.54) is 0 Å². The average molecular weight is 348 g/mol. The van der Waals surface area contributed by atoms with Gasteiger partial charge in [0.1, 0.15) is 0 Å². The summed E-state index contributed by atoms with van der Waals surface area (Å²) < 4.78 is 0. The first-order valence-electron chi connectivity index (χ1n) is 7.66. The van der Waals surface area contributed by atoms with Crippen molar-refractivity contribution >= 4 is 11.9 Å². The Morgan fingerprint density at radius 3 is 1.12 bits per heavy atom. The highest BCUT2D eigenvalue weighted by molar-refractivity contribution is 5.87. The molecule has 4 N–H and O–H groups in total. The van der Waals surface area contributed by atoms with Crippen LogP contribution in [-0.4, -0.2) is 44.6 Å². The number of carbonyl (C=O) groups is 2. The van der Waals surface area contributed by atoms with Gasteiger partial charge in [-0.2, -0.15) is 0 Å². The molecule has 0 saturated heterocycles. The fourth-order valence-corrected chi connectivity index (χ4v) is 1.66. The van der Waals surface area contributed by atoms with Crippen molar-refractivity contribution in [2.24, 2.45) is 0 Å². The van der Waals surface area contributed by atoms with Crippen molar-refractivity contribution in [2.45, 2.75) is 32.5 Å². The zero-order valence-corrected chi connectivity index (χ0v) is 14.2. The van der Waals surface area contributed by atoms with Gasteiger partial charge in [-0.1, -0.05) is 36.4 Å². The third-order valence-electron chi connectivity index (χ3n) is 2.72. The Balaban J connectivity index is 0.000000350. The van der Waals surface area contributed by atoms with E-state index in [4.69, 9.17) is 20.4 Å². The van der Waals surface area contributed by atoms with Crippen molar-refractivity contribution in [2.75, 3.05) is 0 Å². The van der Waals surface area contributed by atoms with Crippen molar-refractivity contribution in [1.29, 1.82) is 0 Å². The maximum Gasteiger partial charge on any atom is 0.335 e. The number of aliphatic hydroxyl groups excluding tert-OH is 2. The number of aliphatic hydroxyl groups is 2. The van der Waals surface area contributed by atoms with Crippen molar-refractivity contribution < 1.29 is 30.0 Å². The predicted molar refractivity (Wildman–Crippen MR) is 94.8 cm³/mol. The molecule has 6 heteroatoms. The molecule has 25 heavy (non-hydrogen) atoms. The Labute approximate surface area is 147 Å². The van der Waals surface area contributed by atoms with E-state index >= 15 is 0 Å². The minimum Gasteiger partial charge on any atom is -0.478 e. The summed E-state index contributed by atoms with van der Waals surface area (Å²) in [6.07, 6.45) is -0.278. The molecule has 2 atom stereocenters. The summed E-state index contributed by atoms with van der Waals surface area (Å²) in [6.45, 7) is 3.32. The molecular formula is C19H24O6. The lowest BCUT2D eigenvalue weighted by Gasteiger charge is -2.04. The molecule has 136 valence electrons. The molecule has 0 amide bonds. The Kier molecular flexibility index (Phi) is 11.3. The van der Waals surface area contributed by atoms with Crippen LogP contribution < -0.4 is 0 Å². The van der Waals surface area contributed by atoms with Crippen LogP contribution in [0.5, 0.6) is 0 Å². The summed E-state index contributed by atoms with van der Waals surface area (Å²) >= 11 is 0. The highest BCUT2D eigenvalue weighted by Gasteiger charge is 1.99. The van der Waals surface area contributed by atoms with Crippen molar-refractivity contribution in [3.8, 4) is 0 Å². The van der Waals surface area contributed by atoms with Crippen LogP contribution in [0.25, 0.3) is 0 Å². The summed E-state index contributed by atoms with van der Waals surface area (Å²) in [5.74, 6) is -1.76. The highest BCUT2D eigenvalue weighted by Crippen LogP contribution is 1.97. The van der Waals surface area contributed by atoms with Crippen molar-refractivity contribution in [3.63, 3.8) is 0 Å². The van der Waals surface area contributed by atoms with Gasteiger partial charge >= 0.3 is 11.9 Å². The van der Waals surface area contributed by atoms with Gasteiger partial charge in [0.25, 0.3) is 0 Å². The van der Waals surface area contributed by atoms with Gasteiger partial charge in [0.15, 0.2) is 0 Å². The standard InChI is InChI=1S/2C7H6O2.C5H12O2/c2*8-7(9)6-4-2-1-3-5-6;1-4(6)3-5(2)7/h2*1-5H,(H,8,9);4-7H,3H2,1-2H3. The molecule has 0 heterocycles. The number of hydrogen-bond donors (Lipinski definition) is 4. The quantitative estimate of drug-likeness (QED) is 0.675. The maximum atomic E-state index is 10.2. The summed E-state index contributed by atoms with van der Waals surface area (Å²) in [7, 11) is 0. The Hall–Kier alpha value is -2.70. The minimum atomic E-state index is -0.879. The molecule has 2 aromatic carbocycles. The average Bonchev–Trinajstić information content (AvgIpc) is 2.56. The molecule has 0 aliphatic heterocycles. The van der Waals surface area contributed by atoms with Crippen LogP contribution in [0.15, 0.2) is 60.7 Å². The minimum absolute atomic E-state index is 0.331. The molecule has 0 radical (unpaired) electrons. The fraction of sp³-hybridized carbons (Fsp3) is 0.263. The molecule has 0 fully saturated rings. The van der Waals surface area contributed by atoms with Crippen LogP contribution in [0.3, 0.4) is 0 Å². The molecule has 0 bridgehead atoms. The number of carboxylic acids is 2. The molecule has 0 spiro atoms. The smallest absolute Gasteiger partial charge is 0.335 e. The molecule has 0 aliphatic carbocycles. The van der Waals surface area contributed by atoms with E-state index < -0.39 is 11.9 Å². The lowest BCUT2D eigenvalue weighted by molar-refractivity contribution is 0.0686. The molecular weight excluding hydrogens is 324 g/mol. The molecule has 0 aliphatic rings. The first kappa shape index (κ1) is 22.3. The van der Waals surface area contributed by atoms with Crippen LogP contribution in [0, 0.1) is 0 Å². The Bertz CT molecular complexity index is 553. The maximum absolute atomic E-state index is 10.2. The second-order valence-corrected chi connectivity index (χ2v) is 5.28. The molecule has 2 aromatic rings. The highest BCUT2D eigenvalue weighted by atomic mass is 16.4. The summed E-state index contributed by atoms with van der Waals surface area (Å²) in [6, 6.07) is 16.6. The normalized spacial score (nSPS) is 11.7. The Morgan fingerprint density at radius 2 is 1.00 bits per heavy atom. The summed E-state index contributed by atoms with van der Waals surface area (Å²) in [5.41, 5.74) is 0.662. The molecule has 2 rings (SSSR count). The van der Waals surface area contributed by atoms with Gasteiger partial charge in [0.05, 0.1) is 23.3 Å². The lowest BCUT2D eigenvalue weighted by Crippen LogP contribution is -2.10. The number of benzene rings is 2. The van der Waals surface area contributed by atoms with E-state index in [2.05, 4.69) is 0 Å².